The highest BCUT2D eigenvalue weighted by molar-refractivity contribution is 6.42. The summed E-state index contributed by atoms with van der Waals surface area (Å²) in [5.74, 6) is 0.0900. The zero-order valence-electron chi connectivity index (χ0n) is 12.3. The van der Waals surface area contributed by atoms with Gasteiger partial charge in [-0.2, -0.15) is 0 Å². The molecule has 1 aliphatic heterocycles. The third-order valence-electron chi connectivity index (χ3n) is 3.39. The molecule has 120 valence electrons. The third kappa shape index (κ3) is 4.60. The maximum Gasteiger partial charge on any atom is 0.223 e. The van der Waals surface area contributed by atoms with Crippen molar-refractivity contribution in [2.75, 3.05) is 33.4 Å². The van der Waals surface area contributed by atoms with Gasteiger partial charge in [-0.15, -0.1) is 0 Å². The number of hydrogen-bond donors (Lipinski definition) is 0. The number of benzene rings is 1. The van der Waals surface area contributed by atoms with Gasteiger partial charge in [0.2, 0.25) is 5.91 Å². The Morgan fingerprint density at radius 2 is 2.00 bits per heavy atom. The van der Waals surface area contributed by atoms with Gasteiger partial charge in [0.25, 0.3) is 0 Å². The van der Waals surface area contributed by atoms with E-state index in [2.05, 4.69) is 5.16 Å². The van der Waals surface area contributed by atoms with E-state index in [1.54, 1.807) is 12.1 Å². The van der Waals surface area contributed by atoms with Crippen LogP contribution in [0.4, 0.5) is 0 Å². The van der Waals surface area contributed by atoms with Crippen molar-refractivity contribution in [2.24, 2.45) is 5.16 Å². The largest absolute Gasteiger partial charge is 0.399 e. The van der Waals surface area contributed by atoms with Crippen LogP contribution in [0.25, 0.3) is 0 Å². The van der Waals surface area contributed by atoms with E-state index in [9.17, 15) is 4.79 Å². The van der Waals surface area contributed by atoms with Gasteiger partial charge >= 0.3 is 0 Å². The molecule has 7 heteroatoms. The summed E-state index contributed by atoms with van der Waals surface area (Å²) >= 11 is 11.9. The minimum absolute atomic E-state index is 0.0900. The Morgan fingerprint density at radius 3 is 2.64 bits per heavy atom. The van der Waals surface area contributed by atoms with Gasteiger partial charge in [0.15, 0.2) is 0 Å². The smallest absolute Gasteiger partial charge is 0.223 e. The molecule has 1 aromatic rings. The lowest BCUT2D eigenvalue weighted by molar-refractivity contribution is -0.135. The van der Waals surface area contributed by atoms with Crippen molar-refractivity contribution in [2.45, 2.75) is 12.8 Å². The molecule has 1 fully saturated rings. The van der Waals surface area contributed by atoms with Gasteiger partial charge in [0, 0.05) is 31.5 Å². The first kappa shape index (κ1) is 17.1. The Morgan fingerprint density at radius 1 is 1.27 bits per heavy atom. The predicted octanol–water partition coefficient (Wildman–Crippen LogP) is 2.98. The van der Waals surface area contributed by atoms with Crippen LogP contribution in [-0.4, -0.2) is 49.9 Å². The summed E-state index contributed by atoms with van der Waals surface area (Å²) in [5, 5.41) is 4.93. The van der Waals surface area contributed by atoms with Crippen molar-refractivity contribution >= 4 is 34.8 Å². The highest BCUT2D eigenvalue weighted by Crippen LogP contribution is 2.23. The lowest BCUT2D eigenvalue weighted by atomic mass is 10.1. The van der Waals surface area contributed by atoms with Gasteiger partial charge in [0.1, 0.15) is 7.11 Å². The molecule has 0 N–H and O–H groups in total. The summed E-state index contributed by atoms with van der Waals surface area (Å²) in [6, 6.07) is 5.24. The van der Waals surface area contributed by atoms with Crippen LogP contribution in [0.5, 0.6) is 0 Å². The Hall–Kier alpha value is -1.30. The van der Waals surface area contributed by atoms with Crippen LogP contribution in [0, 0.1) is 0 Å². The predicted molar refractivity (Wildman–Crippen MR) is 86.6 cm³/mol. The summed E-state index contributed by atoms with van der Waals surface area (Å²) in [5.41, 5.74) is 1.47. The fourth-order valence-corrected chi connectivity index (χ4v) is 2.52. The number of carbonyl (C=O) groups is 1. The van der Waals surface area contributed by atoms with Crippen molar-refractivity contribution in [3.8, 4) is 0 Å². The quantitative estimate of drug-likeness (QED) is 0.609. The lowest BCUT2D eigenvalue weighted by Crippen LogP contribution is -2.40. The molecule has 2 rings (SSSR count). The molecule has 1 amide bonds. The number of ether oxygens (including phenoxy) is 1. The second kappa shape index (κ2) is 8.36. The van der Waals surface area contributed by atoms with E-state index < -0.39 is 0 Å². The maximum absolute atomic E-state index is 12.2. The Balaban J connectivity index is 2.01. The normalized spacial score (nSPS) is 15.8. The second-order valence-electron chi connectivity index (χ2n) is 4.84. The number of carbonyl (C=O) groups excluding carboxylic acids is 1. The van der Waals surface area contributed by atoms with E-state index in [0.29, 0.717) is 54.9 Å². The molecule has 1 aliphatic rings. The molecule has 0 unspecified atom stereocenters. The molecule has 0 aliphatic carbocycles. The van der Waals surface area contributed by atoms with E-state index >= 15 is 0 Å². The first-order chi connectivity index (χ1) is 10.6. The number of rotatable bonds is 5. The average Bonchev–Trinajstić information content (AvgIpc) is 2.54. The number of nitrogens with zero attached hydrogens (tertiary/aromatic N) is 2. The van der Waals surface area contributed by atoms with Crippen molar-refractivity contribution in [3.05, 3.63) is 33.8 Å². The minimum Gasteiger partial charge on any atom is -0.399 e. The topological polar surface area (TPSA) is 51.1 Å². The molecule has 1 heterocycles. The van der Waals surface area contributed by atoms with Crippen LogP contribution in [0.3, 0.4) is 0 Å². The molecule has 5 nitrogen and oxygen atoms in total. The van der Waals surface area contributed by atoms with E-state index in [-0.39, 0.29) is 5.91 Å². The third-order valence-corrected chi connectivity index (χ3v) is 4.13. The van der Waals surface area contributed by atoms with Gasteiger partial charge in [-0.25, -0.2) is 0 Å². The summed E-state index contributed by atoms with van der Waals surface area (Å²) in [6.45, 7) is 2.47. The molecule has 0 aromatic heterocycles. The van der Waals surface area contributed by atoms with Gasteiger partial charge in [-0.3, -0.25) is 4.79 Å². The molecule has 0 radical (unpaired) electrons. The molecule has 0 bridgehead atoms. The van der Waals surface area contributed by atoms with Crippen LogP contribution in [0.1, 0.15) is 18.4 Å². The summed E-state index contributed by atoms with van der Waals surface area (Å²) in [7, 11) is 1.47. The molecular formula is C15H18Cl2N2O3. The average molecular weight is 345 g/mol. The Bertz CT molecular complexity index is 558. The Labute approximate surface area is 139 Å². The Kier molecular flexibility index (Phi) is 6.49. The molecule has 0 atom stereocenters. The first-order valence-corrected chi connectivity index (χ1v) is 7.78. The molecule has 1 aromatic carbocycles. The van der Waals surface area contributed by atoms with Crippen molar-refractivity contribution < 1.29 is 14.4 Å². The SMILES string of the molecule is CO/N=C(\CCC(=O)N1CCOCC1)c1ccc(Cl)c(Cl)c1. The van der Waals surface area contributed by atoms with Gasteiger partial charge in [-0.1, -0.05) is 34.4 Å². The number of morpholine rings is 1. The van der Waals surface area contributed by atoms with Gasteiger partial charge in [0.05, 0.1) is 29.0 Å². The minimum atomic E-state index is 0.0900. The van der Waals surface area contributed by atoms with Crippen molar-refractivity contribution in [1.29, 1.82) is 0 Å². The number of oxime groups is 1. The second-order valence-corrected chi connectivity index (χ2v) is 5.66. The standard InChI is InChI=1S/C15H18Cl2N2O3/c1-21-18-14(11-2-3-12(16)13(17)10-11)4-5-15(20)19-6-8-22-9-7-19/h2-3,10H,4-9H2,1H3/b18-14+. The summed E-state index contributed by atoms with van der Waals surface area (Å²) < 4.78 is 5.24. The molecular weight excluding hydrogens is 327 g/mol. The monoisotopic (exact) mass is 344 g/mol. The summed E-state index contributed by atoms with van der Waals surface area (Å²) in [4.78, 5) is 18.9. The van der Waals surface area contributed by atoms with Crippen molar-refractivity contribution in [1.82, 2.24) is 4.90 Å². The summed E-state index contributed by atoms with van der Waals surface area (Å²) in [6.07, 6.45) is 0.838. The number of amides is 1. The van der Waals surface area contributed by atoms with Crippen LogP contribution >= 0.6 is 23.2 Å². The fourth-order valence-electron chi connectivity index (χ4n) is 2.22. The number of halogens is 2. The molecule has 0 saturated carbocycles. The van der Waals surface area contributed by atoms with Crippen LogP contribution in [0.2, 0.25) is 10.0 Å². The maximum atomic E-state index is 12.2. The lowest BCUT2D eigenvalue weighted by Gasteiger charge is -2.26. The number of hydrogen-bond acceptors (Lipinski definition) is 4. The fraction of sp³-hybridized carbons (Fsp3) is 0.467. The van der Waals surface area contributed by atoms with Crippen molar-refractivity contribution in [3.63, 3.8) is 0 Å². The van der Waals surface area contributed by atoms with Crippen LogP contribution in [-0.2, 0) is 14.4 Å². The van der Waals surface area contributed by atoms with E-state index in [1.165, 1.54) is 7.11 Å². The van der Waals surface area contributed by atoms with E-state index in [1.807, 2.05) is 11.0 Å². The zero-order chi connectivity index (χ0) is 15.9. The van der Waals surface area contributed by atoms with Gasteiger partial charge < -0.3 is 14.5 Å². The molecule has 1 saturated heterocycles. The van der Waals surface area contributed by atoms with E-state index in [0.717, 1.165) is 5.56 Å². The van der Waals surface area contributed by atoms with Crippen LogP contribution < -0.4 is 0 Å². The van der Waals surface area contributed by atoms with Gasteiger partial charge in [-0.05, 0) is 12.1 Å². The highest BCUT2D eigenvalue weighted by Gasteiger charge is 2.18. The van der Waals surface area contributed by atoms with E-state index in [4.69, 9.17) is 32.8 Å². The first-order valence-electron chi connectivity index (χ1n) is 7.03. The highest BCUT2D eigenvalue weighted by atomic mass is 35.5. The molecule has 0 spiro atoms. The zero-order valence-corrected chi connectivity index (χ0v) is 13.9. The molecule has 22 heavy (non-hydrogen) atoms. The van der Waals surface area contributed by atoms with Crippen LogP contribution in [0.15, 0.2) is 23.4 Å².